The van der Waals surface area contributed by atoms with Crippen molar-refractivity contribution in [1.29, 1.82) is 0 Å². The van der Waals surface area contributed by atoms with Gasteiger partial charge in [0.2, 0.25) is 0 Å². The first-order valence-corrected chi connectivity index (χ1v) is 4.97. The molecule has 0 bridgehead atoms. The van der Waals surface area contributed by atoms with Gasteiger partial charge < -0.3 is 16.0 Å². The highest BCUT2D eigenvalue weighted by molar-refractivity contribution is 5.14. The van der Waals surface area contributed by atoms with Crippen molar-refractivity contribution in [3.63, 3.8) is 0 Å². The van der Waals surface area contributed by atoms with E-state index in [2.05, 4.69) is 16.4 Å². The van der Waals surface area contributed by atoms with Gasteiger partial charge in [0.15, 0.2) is 0 Å². The monoisotopic (exact) mass is 179 g/mol. The second kappa shape index (κ2) is 3.94. The predicted molar refractivity (Wildman–Crippen MR) is 53.3 cm³/mol. The van der Waals surface area contributed by atoms with E-state index in [4.69, 9.17) is 5.73 Å². The van der Waals surface area contributed by atoms with Crippen molar-refractivity contribution in [3.05, 3.63) is 24.0 Å². The molecule has 2 atom stereocenters. The van der Waals surface area contributed by atoms with Crippen LogP contribution in [-0.2, 0) is 0 Å². The number of rotatable bonds is 2. The van der Waals surface area contributed by atoms with Crippen molar-refractivity contribution >= 4 is 0 Å². The van der Waals surface area contributed by atoms with Crippen LogP contribution in [0.5, 0.6) is 0 Å². The number of aromatic amines is 1. The lowest BCUT2D eigenvalue weighted by atomic mass is 9.89. The van der Waals surface area contributed by atoms with Crippen molar-refractivity contribution in [3.8, 4) is 0 Å². The SMILES string of the molecule is NC(c1cc[nH]c1)C1CCCNC1. The van der Waals surface area contributed by atoms with Crippen LogP contribution in [0.2, 0.25) is 0 Å². The number of piperidine rings is 1. The first-order chi connectivity index (χ1) is 6.38. The van der Waals surface area contributed by atoms with Crippen LogP contribution < -0.4 is 11.1 Å². The molecule has 0 aromatic carbocycles. The first-order valence-electron chi connectivity index (χ1n) is 4.97. The Morgan fingerprint density at radius 3 is 3.08 bits per heavy atom. The van der Waals surface area contributed by atoms with E-state index in [1.165, 1.54) is 18.4 Å². The molecule has 3 nitrogen and oxygen atoms in total. The van der Waals surface area contributed by atoms with Gasteiger partial charge in [-0.3, -0.25) is 0 Å². The second-order valence-electron chi connectivity index (χ2n) is 3.78. The summed E-state index contributed by atoms with van der Waals surface area (Å²) in [5.41, 5.74) is 7.38. The summed E-state index contributed by atoms with van der Waals surface area (Å²) in [7, 11) is 0. The molecule has 13 heavy (non-hydrogen) atoms. The van der Waals surface area contributed by atoms with E-state index < -0.39 is 0 Å². The van der Waals surface area contributed by atoms with Crippen LogP contribution in [0.4, 0.5) is 0 Å². The fourth-order valence-corrected chi connectivity index (χ4v) is 2.00. The number of nitrogens with two attached hydrogens (primary N) is 1. The highest BCUT2D eigenvalue weighted by Crippen LogP contribution is 2.24. The first kappa shape index (κ1) is 8.78. The number of hydrogen-bond acceptors (Lipinski definition) is 2. The molecule has 0 radical (unpaired) electrons. The number of nitrogens with one attached hydrogen (secondary N) is 2. The summed E-state index contributed by atoms with van der Waals surface area (Å²) in [6, 6.07) is 2.26. The van der Waals surface area contributed by atoms with Gasteiger partial charge in [0.1, 0.15) is 0 Å². The molecular formula is C10H17N3. The van der Waals surface area contributed by atoms with Gasteiger partial charge in [-0.1, -0.05) is 0 Å². The lowest BCUT2D eigenvalue weighted by Gasteiger charge is -2.27. The van der Waals surface area contributed by atoms with Crippen LogP contribution in [0, 0.1) is 5.92 Å². The Bertz CT molecular complexity index is 237. The van der Waals surface area contributed by atoms with Crippen LogP contribution >= 0.6 is 0 Å². The summed E-state index contributed by atoms with van der Waals surface area (Å²) in [6.45, 7) is 2.21. The van der Waals surface area contributed by atoms with Crippen molar-refractivity contribution in [2.75, 3.05) is 13.1 Å². The third kappa shape index (κ3) is 1.92. The molecule has 1 aliphatic rings. The molecular weight excluding hydrogens is 162 g/mol. The topological polar surface area (TPSA) is 53.8 Å². The largest absolute Gasteiger partial charge is 0.367 e. The minimum absolute atomic E-state index is 0.194. The van der Waals surface area contributed by atoms with E-state index >= 15 is 0 Å². The average molecular weight is 179 g/mol. The highest BCUT2D eigenvalue weighted by atomic mass is 14.9. The van der Waals surface area contributed by atoms with Gasteiger partial charge in [-0.2, -0.15) is 0 Å². The zero-order chi connectivity index (χ0) is 9.10. The number of hydrogen-bond donors (Lipinski definition) is 3. The van der Waals surface area contributed by atoms with E-state index in [1.807, 2.05) is 12.4 Å². The van der Waals surface area contributed by atoms with Crippen LogP contribution in [0.1, 0.15) is 24.4 Å². The van der Waals surface area contributed by atoms with Gasteiger partial charge in [0.25, 0.3) is 0 Å². The van der Waals surface area contributed by atoms with Crippen LogP contribution in [-0.4, -0.2) is 18.1 Å². The molecule has 72 valence electrons. The Hall–Kier alpha value is -0.800. The zero-order valence-corrected chi connectivity index (χ0v) is 7.79. The normalized spacial score (nSPS) is 25.8. The molecule has 2 rings (SSSR count). The molecule has 0 amide bonds. The maximum atomic E-state index is 6.15. The quantitative estimate of drug-likeness (QED) is 0.634. The van der Waals surface area contributed by atoms with Crippen LogP contribution in [0.15, 0.2) is 18.5 Å². The van der Waals surface area contributed by atoms with Crippen LogP contribution in [0.3, 0.4) is 0 Å². The minimum atomic E-state index is 0.194. The zero-order valence-electron chi connectivity index (χ0n) is 7.79. The molecule has 0 saturated carbocycles. The maximum absolute atomic E-state index is 6.15. The van der Waals surface area contributed by atoms with E-state index in [9.17, 15) is 0 Å². The summed E-state index contributed by atoms with van der Waals surface area (Å²) >= 11 is 0. The van der Waals surface area contributed by atoms with E-state index in [0.717, 1.165) is 13.1 Å². The molecule has 2 unspecified atom stereocenters. The minimum Gasteiger partial charge on any atom is -0.367 e. The number of aromatic nitrogens is 1. The van der Waals surface area contributed by atoms with E-state index in [1.54, 1.807) is 0 Å². The summed E-state index contributed by atoms with van der Waals surface area (Å²) in [4.78, 5) is 3.05. The van der Waals surface area contributed by atoms with E-state index in [-0.39, 0.29) is 6.04 Å². The van der Waals surface area contributed by atoms with Crippen molar-refractivity contribution in [1.82, 2.24) is 10.3 Å². The van der Waals surface area contributed by atoms with Crippen molar-refractivity contribution in [2.45, 2.75) is 18.9 Å². The molecule has 1 saturated heterocycles. The lowest BCUT2D eigenvalue weighted by molar-refractivity contribution is 0.326. The van der Waals surface area contributed by atoms with Crippen molar-refractivity contribution < 1.29 is 0 Å². The lowest BCUT2D eigenvalue weighted by Crippen LogP contribution is -2.36. The predicted octanol–water partition coefficient (Wildman–Crippen LogP) is 1.01. The Kier molecular flexibility index (Phi) is 2.66. The maximum Gasteiger partial charge on any atom is 0.0350 e. The van der Waals surface area contributed by atoms with Gasteiger partial charge in [-0.25, -0.2) is 0 Å². The van der Waals surface area contributed by atoms with Crippen LogP contribution in [0.25, 0.3) is 0 Å². The number of H-pyrrole nitrogens is 1. The summed E-state index contributed by atoms with van der Waals surface area (Å²) in [5.74, 6) is 0.601. The third-order valence-electron chi connectivity index (χ3n) is 2.85. The fourth-order valence-electron chi connectivity index (χ4n) is 2.00. The van der Waals surface area contributed by atoms with Gasteiger partial charge in [0, 0.05) is 18.4 Å². The molecule has 1 aliphatic heterocycles. The van der Waals surface area contributed by atoms with Crippen molar-refractivity contribution in [2.24, 2.45) is 11.7 Å². The molecule has 2 heterocycles. The van der Waals surface area contributed by atoms with Gasteiger partial charge in [0.05, 0.1) is 0 Å². The molecule has 1 aromatic rings. The fraction of sp³-hybridized carbons (Fsp3) is 0.600. The Morgan fingerprint density at radius 2 is 2.46 bits per heavy atom. The summed E-state index contributed by atoms with van der Waals surface area (Å²) in [5, 5.41) is 3.39. The molecule has 0 spiro atoms. The second-order valence-corrected chi connectivity index (χ2v) is 3.78. The summed E-state index contributed by atoms with van der Waals surface area (Å²) in [6.07, 6.45) is 6.44. The smallest absolute Gasteiger partial charge is 0.0350 e. The Balaban J connectivity index is 1.99. The molecule has 1 fully saturated rings. The van der Waals surface area contributed by atoms with Gasteiger partial charge in [-0.05, 0) is 43.5 Å². The Labute approximate surface area is 78.7 Å². The highest BCUT2D eigenvalue weighted by Gasteiger charge is 2.21. The summed E-state index contributed by atoms with van der Waals surface area (Å²) < 4.78 is 0. The average Bonchev–Trinajstić information content (AvgIpc) is 2.71. The molecule has 4 N–H and O–H groups in total. The van der Waals surface area contributed by atoms with Gasteiger partial charge in [-0.15, -0.1) is 0 Å². The van der Waals surface area contributed by atoms with E-state index in [0.29, 0.717) is 5.92 Å². The van der Waals surface area contributed by atoms with Gasteiger partial charge >= 0.3 is 0 Å². The molecule has 3 heteroatoms. The molecule has 0 aliphatic carbocycles. The Morgan fingerprint density at radius 1 is 1.54 bits per heavy atom. The molecule has 1 aromatic heterocycles. The third-order valence-corrected chi connectivity index (χ3v) is 2.85. The standard InChI is InChI=1S/C10H17N3/c11-10(9-3-5-13-7-9)8-2-1-4-12-6-8/h3,5,7-8,10,12-13H,1-2,4,6,11H2.